The maximum absolute atomic E-state index is 12.3. The minimum absolute atomic E-state index is 0.0354. The van der Waals surface area contributed by atoms with Gasteiger partial charge in [0.25, 0.3) is 0 Å². The number of rotatable bonds is 3. The summed E-state index contributed by atoms with van der Waals surface area (Å²) in [6.07, 6.45) is 4.88. The smallest absolute Gasteiger partial charge is 0.244 e. The van der Waals surface area contributed by atoms with Crippen LogP contribution in [-0.2, 0) is 23.1 Å². The molecule has 3 nitrogen and oxygen atoms in total. The fraction of sp³-hybridized carbons (Fsp3) is 0.562. The molecular weight excluding hydrogens is 236 g/mol. The highest BCUT2D eigenvalue weighted by atomic mass is 16.2. The van der Waals surface area contributed by atoms with Crippen LogP contribution in [0.2, 0.25) is 0 Å². The Hall–Kier alpha value is -1.35. The molecule has 1 amide bonds. The maximum atomic E-state index is 12.3. The SMILES string of the molecule is CN(C)NC(=O)C(C)(C)c1ccc2c(c1)CCCC2. The molecule has 0 saturated carbocycles. The van der Waals surface area contributed by atoms with Crippen LogP contribution in [0, 0.1) is 0 Å². The first-order valence-electron chi connectivity index (χ1n) is 7.02. The van der Waals surface area contributed by atoms with E-state index < -0.39 is 5.41 Å². The van der Waals surface area contributed by atoms with E-state index >= 15 is 0 Å². The summed E-state index contributed by atoms with van der Waals surface area (Å²) in [4.78, 5) is 12.3. The summed E-state index contributed by atoms with van der Waals surface area (Å²) in [6, 6.07) is 6.54. The van der Waals surface area contributed by atoms with Gasteiger partial charge in [-0.3, -0.25) is 10.2 Å². The number of hydrazine groups is 1. The van der Waals surface area contributed by atoms with Crippen molar-refractivity contribution in [2.24, 2.45) is 0 Å². The van der Waals surface area contributed by atoms with E-state index in [9.17, 15) is 4.79 Å². The van der Waals surface area contributed by atoms with Gasteiger partial charge in [-0.15, -0.1) is 0 Å². The zero-order chi connectivity index (χ0) is 14.0. The fourth-order valence-electron chi connectivity index (χ4n) is 2.60. The Morgan fingerprint density at radius 2 is 1.79 bits per heavy atom. The number of carbonyl (C=O) groups is 1. The second-order valence-corrected chi connectivity index (χ2v) is 6.15. The Labute approximate surface area is 116 Å². The van der Waals surface area contributed by atoms with Gasteiger partial charge in [0.15, 0.2) is 0 Å². The van der Waals surface area contributed by atoms with E-state index in [1.165, 1.54) is 30.4 Å². The van der Waals surface area contributed by atoms with Crippen molar-refractivity contribution in [1.82, 2.24) is 10.4 Å². The first-order valence-corrected chi connectivity index (χ1v) is 7.02. The molecule has 0 aliphatic heterocycles. The lowest BCUT2D eigenvalue weighted by molar-refractivity contribution is -0.129. The zero-order valence-electron chi connectivity index (χ0n) is 12.4. The Bertz CT molecular complexity index is 478. The molecule has 0 saturated heterocycles. The normalized spacial score (nSPS) is 15.2. The molecular formula is C16H24N2O. The molecule has 1 N–H and O–H groups in total. The maximum Gasteiger partial charge on any atom is 0.244 e. The van der Waals surface area contributed by atoms with Crippen LogP contribution in [0.25, 0.3) is 0 Å². The van der Waals surface area contributed by atoms with Crippen LogP contribution in [0.5, 0.6) is 0 Å². The highest BCUT2D eigenvalue weighted by Gasteiger charge is 2.30. The minimum Gasteiger partial charge on any atom is -0.289 e. The summed E-state index contributed by atoms with van der Waals surface area (Å²) in [6.45, 7) is 3.97. The van der Waals surface area contributed by atoms with Crippen LogP contribution in [0.15, 0.2) is 18.2 Å². The molecule has 1 aromatic rings. The Balaban J connectivity index is 2.27. The van der Waals surface area contributed by atoms with Crippen molar-refractivity contribution in [2.75, 3.05) is 14.1 Å². The van der Waals surface area contributed by atoms with Crippen molar-refractivity contribution in [2.45, 2.75) is 44.9 Å². The molecule has 0 unspecified atom stereocenters. The summed E-state index contributed by atoms with van der Waals surface area (Å²) in [5.74, 6) is 0.0354. The largest absolute Gasteiger partial charge is 0.289 e. The highest BCUT2D eigenvalue weighted by molar-refractivity contribution is 5.87. The molecule has 104 valence electrons. The molecule has 0 fully saturated rings. The molecule has 3 heteroatoms. The number of carbonyl (C=O) groups excluding carboxylic acids is 1. The van der Waals surface area contributed by atoms with E-state index in [4.69, 9.17) is 0 Å². The molecule has 1 aliphatic carbocycles. The average Bonchev–Trinajstić information content (AvgIpc) is 2.37. The third-order valence-electron chi connectivity index (χ3n) is 3.96. The number of fused-ring (bicyclic) bond motifs is 1. The molecule has 2 rings (SSSR count). The van der Waals surface area contributed by atoms with E-state index in [2.05, 4.69) is 23.6 Å². The van der Waals surface area contributed by atoms with Gasteiger partial charge in [-0.2, -0.15) is 0 Å². The predicted molar refractivity (Wildman–Crippen MR) is 77.9 cm³/mol. The van der Waals surface area contributed by atoms with Crippen molar-refractivity contribution in [3.05, 3.63) is 34.9 Å². The van der Waals surface area contributed by atoms with Crippen LogP contribution in [0.3, 0.4) is 0 Å². The summed E-state index contributed by atoms with van der Waals surface area (Å²) in [7, 11) is 3.67. The van der Waals surface area contributed by atoms with Gasteiger partial charge in [-0.1, -0.05) is 18.2 Å². The van der Waals surface area contributed by atoms with Crippen LogP contribution in [0.1, 0.15) is 43.4 Å². The van der Waals surface area contributed by atoms with E-state index in [-0.39, 0.29) is 5.91 Å². The van der Waals surface area contributed by atoms with Gasteiger partial charge >= 0.3 is 0 Å². The monoisotopic (exact) mass is 260 g/mol. The molecule has 0 radical (unpaired) electrons. The lowest BCUT2D eigenvalue weighted by atomic mass is 9.80. The Kier molecular flexibility index (Phi) is 3.95. The number of aryl methyl sites for hydroxylation is 2. The number of hydrogen-bond acceptors (Lipinski definition) is 2. The zero-order valence-corrected chi connectivity index (χ0v) is 12.4. The number of amides is 1. The standard InChI is InChI=1S/C16H24N2O/c1-16(2,15(19)17-18(3)4)14-10-9-12-7-5-6-8-13(12)11-14/h9-11H,5-8H2,1-4H3,(H,17,19). The molecule has 0 spiro atoms. The van der Waals surface area contributed by atoms with Gasteiger partial charge in [0.1, 0.15) is 0 Å². The van der Waals surface area contributed by atoms with Gasteiger partial charge in [0.2, 0.25) is 5.91 Å². The predicted octanol–water partition coefficient (Wildman–Crippen LogP) is 2.44. The van der Waals surface area contributed by atoms with Crippen LogP contribution < -0.4 is 5.43 Å². The lowest BCUT2D eigenvalue weighted by Gasteiger charge is -2.28. The third kappa shape index (κ3) is 2.98. The summed E-state index contributed by atoms with van der Waals surface area (Å²) < 4.78 is 0. The fourth-order valence-corrected chi connectivity index (χ4v) is 2.60. The van der Waals surface area contributed by atoms with Gasteiger partial charge in [-0.25, -0.2) is 5.01 Å². The van der Waals surface area contributed by atoms with Gasteiger partial charge in [0.05, 0.1) is 5.41 Å². The van der Waals surface area contributed by atoms with Crippen LogP contribution in [-0.4, -0.2) is 25.0 Å². The molecule has 0 heterocycles. The minimum atomic E-state index is -0.503. The second-order valence-electron chi connectivity index (χ2n) is 6.15. The molecule has 19 heavy (non-hydrogen) atoms. The van der Waals surface area contributed by atoms with E-state index in [0.29, 0.717) is 0 Å². The second kappa shape index (κ2) is 5.33. The Morgan fingerprint density at radius 3 is 2.42 bits per heavy atom. The van der Waals surface area contributed by atoms with Crippen LogP contribution in [0.4, 0.5) is 0 Å². The summed E-state index contributed by atoms with van der Waals surface area (Å²) >= 11 is 0. The van der Waals surface area contributed by atoms with Crippen LogP contribution >= 0.6 is 0 Å². The van der Waals surface area contributed by atoms with E-state index in [1.807, 2.05) is 27.9 Å². The number of nitrogens with one attached hydrogen (secondary N) is 1. The van der Waals surface area contributed by atoms with Crippen molar-refractivity contribution in [1.29, 1.82) is 0 Å². The molecule has 0 bridgehead atoms. The molecule has 0 atom stereocenters. The van der Waals surface area contributed by atoms with E-state index in [0.717, 1.165) is 12.0 Å². The third-order valence-corrected chi connectivity index (χ3v) is 3.96. The number of benzene rings is 1. The number of hydrogen-bond donors (Lipinski definition) is 1. The molecule has 1 aromatic carbocycles. The van der Waals surface area contributed by atoms with Gasteiger partial charge < -0.3 is 0 Å². The topological polar surface area (TPSA) is 32.3 Å². The average molecular weight is 260 g/mol. The van der Waals surface area contributed by atoms with Gasteiger partial charge in [0, 0.05) is 14.1 Å². The first-order chi connectivity index (χ1) is 8.91. The Morgan fingerprint density at radius 1 is 1.16 bits per heavy atom. The first kappa shape index (κ1) is 14.1. The van der Waals surface area contributed by atoms with Crippen molar-refractivity contribution in [3.63, 3.8) is 0 Å². The van der Waals surface area contributed by atoms with Crippen molar-refractivity contribution >= 4 is 5.91 Å². The van der Waals surface area contributed by atoms with Crippen molar-refractivity contribution < 1.29 is 4.79 Å². The summed E-state index contributed by atoms with van der Waals surface area (Å²) in [5, 5.41) is 1.70. The molecule has 0 aromatic heterocycles. The van der Waals surface area contributed by atoms with Gasteiger partial charge in [-0.05, 0) is 56.2 Å². The van der Waals surface area contributed by atoms with E-state index in [1.54, 1.807) is 5.01 Å². The number of nitrogens with zero attached hydrogens (tertiary/aromatic N) is 1. The molecule has 1 aliphatic rings. The summed E-state index contributed by atoms with van der Waals surface area (Å²) in [5.41, 5.74) is 6.34. The lowest BCUT2D eigenvalue weighted by Crippen LogP contribution is -2.46. The van der Waals surface area contributed by atoms with Crippen molar-refractivity contribution in [3.8, 4) is 0 Å². The quantitative estimate of drug-likeness (QED) is 0.847. The highest BCUT2D eigenvalue weighted by Crippen LogP contribution is 2.29.